The van der Waals surface area contributed by atoms with Crippen molar-refractivity contribution in [1.29, 1.82) is 0 Å². The van der Waals surface area contributed by atoms with Gasteiger partial charge in [-0.25, -0.2) is 0 Å². The molecule has 1 aromatic heterocycles. The summed E-state index contributed by atoms with van der Waals surface area (Å²) in [5.41, 5.74) is 3.39. The first-order valence-electron chi connectivity index (χ1n) is 7.09. The van der Waals surface area contributed by atoms with Crippen LogP contribution in [0.2, 0.25) is 0 Å². The molecule has 0 aliphatic rings. The molecule has 0 unspecified atom stereocenters. The van der Waals surface area contributed by atoms with Crippen LogP contribution >= 0.6 is 0 Å². The fourth-order valence-electron chi connectivity index (χ4n) is 1.75. The van der Waals surface area contributed by atoms with Gasteiger partial charge in [-0.2, -0.15) is 0 Å². The summed E-state index contributed by atoms with van der Waals surface area (Å²) >= 11 is 0. The number of hydrogen-bond donors (Lipinski definition) is 0. The number of anilines is 1. The topological polar surface area (TPSA) is 16.4 Å². The average Bonchev–Trinajstić information content (AvgIpc) is 2.82. The summed E-state index contributed by atoms with van der Waals surface area (Å²) in [6, 6.07) is 8.28. The van der Waals surface area contributed by atoms with Crippen LogP contribution in [0.15, 0.2) is 46.4 Å². The minimum Gasteiger partial charge on any atom is -0.457 e. The van der Waals surface area contributed by atoms with E-state index in [9.17, 15) is 0 Å². The van der Waals surface area contributed by atoms with E-state index in [4.69, 9.17) is 4.42 Å². The van der Waals surface area contributed by atoms with Crippen LogP contribution in [-0.4, -0.2) is 14.1 Å². The summed E-state index contributed by atoms with van der Waals surface area (Å²) in [4.78, 5) is 2.09. The Bertz CT molecular complexity index is 599. The molecule has 0 bridgehead atoms. The van der Waals surface area contributed by atoms with E-state index in [2.05, 4.69) is 43.0 Å². The fourth-order valence-corrected chi connectivity index (χ4v) is 1.75. The maximum atomic E-state index is 5.75. The van der Waals surface area contributed by atoms with Crippen LogP contribution in [0.5, 0.6) is 0 Å². The Labute approximate surface area is 122 Å². The predicted octanol–water partition coefficient (Wildman–Crippen LogP) is 5.50. The third kappa shape index (κ3) is 4.30. The molecule has 0 aliphatic carbocycles. The van der Waals surface area contributed by atoms with E-state index in [1.165, 1.54) is 11.3 Å². The normalized spacial score (nSPS) is 10.3. The Morgan fingerprint density at radius 3 is 2.40 bits per heavy atom. The third-order valence-electron chi connectivity index (χ3n) is 2.73. The molecule has 0 atom stereocenters. The van der Waals surface area contributed by atoms with E-state index in [0.717, 1.165) is 16.7 Å². The Morgan fingerprint density at radius 2 is 1.80 bits per heavy atom. The standard InChI is InChI=1S/C16H19NO.C2H6/c1-12(2)6-5-7-15-11-13-10-14(17(3)4)8-9-16(13)18-15;1-2/h5-11H,1-4H3;1-2H3. The average molecular weight is 271 g/mol. The van der Waals surface area contributed by atoms with Crippen molar-refractivity contribution in [2.45, 2.75) is 27.7 Å². The number of benzene rings is 1. The second-order valence-electron chi connectivity index (χ2n) is 4.87. The number of fused-ring (bicyclic) bond motifs is 1. The lowest BCUT2D eigenvalue weighted by Gasteiger charge is -2.11. The summed E-state index contributed by atoms with van der Waals surface area (Å²) in [6.07, 6.45) is 6.07. The van der Waals surface area contributed by atoms with Crippen LogP contribution in [0.3, 0.4) is 0 Å². The molecule has 2 heteroatoms. The Hall–Kier alpha value is -1.96. The minimum atomic E-state index is 0.887. The van der Waals surface area contributed by atoms with E-state index >= 15 is 0 Å². The second kappa shape index (κ2) is 7.59. The first-order valence-corrected chi connectivity index (χ1v) is 7.09. The molecule has 2 rings (SSSR count). The van der Waals surface area contributed by atoms with Crippen molar-refractivity contribution in [3.05, 3.63) is 47.8 Å². The van der Waals surface area contributed by atoms with Crippen LogP contribution in [0.25, 0.3) is 17.0 Å². The Kier molecular flexibility index (Phi) is 6.10. The van der Waals surface area contributed by atoms with Crippen LogP contribution in [0.1, 0.15) is 33.5 Å². The highest BCUT2D eigenvalue weighted by Gasteiger charge is 2.03. The lowest BCUT2D eigenvalue weighted by molar-refractivity contribution is 0.604. The van der Waals surface area contributed by atoms with Crippen molar-refractivity contribution in [2.24, 2.45) is 0 Å². The molecule has 0 saturated heterocycles. The van der Waals surface area contributed by atoms with E-state index in [-0.39, 0.29) is 0 Å². The quantitative estimate of drug-likeness (QED) is 0.685. The molecule has 2 nitrogen and oxygen atoms in total. The van der Waals surface area contributed by atoms with E-state index < -0.39 is 0 Å². The summed E-state index contributed by atoms with van der Waals surface area (Å²) in [5, 5.41) is 1.14. The molecule has 1 heterocycles. The zero-order valence-corrected chi connectivity index (χ0v) is 13.4. The Balaban J connectivity index is 0.000000956. The molecule has 108 valence electrons. The van der Waals surface area contributed by atoms with Crippen LogP contribution in [0.4, 0.5) is 5.69 Å². The van der Waals surface area contributed by atoms with Gasteiger partial charge in [0.2, 0.25) is 0 Å². The minimum absolute atomic E-state index is 0.887. The lowest BCUT2D eigenvalue weighted by atomic mass is 10.2. The zero-order valence-electron chi connectivity index (χ0n) is 13.4. The van der Waals surface area contributed by atoms with Crippen molar-refractivity contribution >= 4 is 22.7 Å². The molecular formula is C18H25NO. The number of nitrogens with zero attached hydrogens (tertiary/aromatic N) is 1. The van der Waals surface area contributed by atoms with Crippen molar-refractivity contribution in [2.75, 3.05) is 19.0 Å². The van der Waals surface area contributed by atoms with Gasteiger partial charge in [0, 0.05) is 25.2 Å². The van der Waals surface area contributed by atoms with Crippen LogP contribution < -0.4 is 4.90 Å². The maximum Gasteiger partial charge on any atom is 0.134 e. The molecule has 0 saturated carbocycles. The zero-order chi connectivity index (χ0) is 15.1. The van der Waals surface area contributed by atoms with Crippen molar-refractivity contribution in [1.82, 2.24) is 0 Å². The highest BCUT2D eigenvalue weighted by molar-refractivity contribution is 5.83. The monoisotopic (exact) mass is 271 g/mol. The van der Waals surface area contributed by atoms with Gasteiger partial charge < -0.3 is 9.32 Å². The molecule has 0 aliphatic heterocycles. The second-order valence-corrected chi connectivity index (χ2v) is 4.87. The van der Waals surface area contributed by atoms with Gasteiger partial charge in [-0.05, 0) is 44.2 Å². The smallest absolute Gasteiger partial charge is 0.134 e. The SMILES string of the molecule is CC.CC(C)=CC=Cc1cc2cc(N(C)C)ccc2o1. The van der Waals surface area contributed by atoms with Crippen molar-refractivity contribution in [3.63, 3.8) is 0 Å². The van der Waals surface area contributed by atoms with Gasteiger partial charge in [-0.1, -0.05) is 31.6 Å². The summed E-state index contributed by atoms with van der Waals surface area (Å²) in [5.74, 6) is 0.887. The summed E-state index contributed by atoms with van der Waals surface area (Å²) < 4.78 is 5.75. The van der Waals surface area contributed by atoms with Gasteiger partial charge in [0.05, 0.1) is 0 Å². The highest BCUT2D eigenvalue weighted by atomic mass is 16.3. The number of rotatable bonds is 3. The number of hydrogen-bond acceptors (Lipinski definition) is 2. The largest absolute Gasteiger partial charge is 0.457 e. The number of allylic oxidation sites excluding steroid dienone is 3. The summed E-state index contributed by atoms with van der Waals surface area (Å²) in [7, 11) is 4.08. The van der Waals surface area contributed by atoms with E-state index in [1.807, 2.05) is 46.2 Å². The van der Waals surface area contributed by atoms with Crippen LogP contribution in [0, 0.1) is 0 Å². The fraction of sp³-hybridized carbons (Fsp3) is 0.333. The number of furan rings is 1. The molecule has 0 fully saturated rings. The molecule has 0 spiro atoms. The predicted molar refractivity (Wildman–Crippen MR) is 90.4 cm³/mol. The summed E-state index contributed by atoms with van der Waals surface area (Å²) in [6.45, 7) is 8.15. The highest BCUT2D eigenvalue weighted by Crippen LogP contribution is 2.24. The van der Waals surface area contributed by atoms with Gasteiger partial charge in [-0.3, -0.25) is 0 Å². The molecule has 2 aromatic rings. The van der Waals surface area contributed by atoms with Gasteiger partial charge in [0.1, 0.15) is 11.3 Å². The van der Waals surface area contributed by atoms with Crippen molar-refractivity contribution < 1.29 is 4.42 Å². The molecular weight excluding hydrogens is 246 g/mol. The molecule has 20 heavy (non-hydrogen) atoms. The molecule has 1 aromatic carbocycles. The van der Waals surface area contributed by atoms with Gasteiger partial charge in [0.15, 0.2) is 0 Å². The van der Waals surface area contributed by atoms with Crippen molar-refractivity contribution in [3.8, 4) is 0 Å². The van der Waals surface area contributed by atoms with Gasteiger partial charge in [0.25, 0.3) is 0 Å². The van der Waals surface area contributed by atoms with Gasteiger partial charge in [-0.15, -0.1) is 0 Å². The van der Waals surface area contributed by atoms with Gasteiger partial charge >= 0.3 is 0 Å². The van der Waals surface area contributed by atoms with E-state index in [1.54, 1.807) is 0 Å². The lowest BCUT2D eigenvalue weighted by Crippen LogP contribution is -2.07. The first kappa shape index (κ1) is 16.1. The first-order chi connectivity index (χ1) is 9.56. The third-order valence-corrected chi connectivity index (χ3v) is 2.73. The molecule has 0 N–H and O–H groups in total. The maximum absolute atomic E-state index is 5.75. The van der Waals surface area contributed by atoms with Crippen LogP contribution in [-0.2, 0) is 0 Å². The molecule has 0 radical (unpaired) electrons. The van der Waals surface area contributed by atoms with E-state index in [0.29, 0.717) is 0 Å². The molecule has 0 amide bonds. The Morgan fingerprint density at radius 1 is 1.10 bits per heavy atom.